The second-order valence-electron chi connectivity index (χ2n) is 5.78. The van der Waals surface area contributed by atoms with E-state index < -0.39 is 0 Å². The van der Waals surface area contributed by atoms with Gasteiger partial charge in [-0.3, -0.25) is 0 Å². The fourth-order valence-corrected chi connectivity index (χ4v) is 3.53. The SMILES string of the molecule is Cc1cccc(C(N)=S)c1N(C)C1CCCCC1C. The third-order valence-corrected chi connectivity index (χ3v) is 4.64. The molecule has 104 valence electrons. The number of hydrogen-bond acceptors (Lipinski definition) is 2. The molecule has 1 fully saturated rings. The molecule has 0 saturated heterocycles. The highest BCUT2D eigenvalue weighted by atomic mass is 32.1. The number of benzene rings is 1. The summed E-state index contributed by atoms with van der Waals surface area (Å²) in [5.41, 5.74) is 9.37. The lowest BCUT2D eigenvalue weighted by Crippen LogP contribution is -2.40. The molecule has 3 heteroatoms. The van der Waals surface area contributed by atoms with E-state index >= 15 is 0 Å². The minimum absolute atomic E-state index is 0.494. The molecule has 0 aromatic heterocycles. The third kappa shape index (κ3) is 2.92. The van der Waals surface area contributed by atoms with Crippen LogP contribution in [0.5, 0.6) is 0 Å². The Morgan fingerprint density at radius 2 is 2.00 bits per heavy atom. The molecule has 0 bridgehead atoms. The average molecular weight is 276 g/mol. The van der Waals surface area contributed by atoms with Gasteiger partial charge in [0.25, 0.3) is 0 Å². The van der Waals surface area contributed by atoms with Crippen LogP contribution >= 0.6 is 12.2 Å². The fourth-order valence-electron chi connectivity index (χ4n) is 3.36. The maximum Gasteiger partial charge on any atom is 0.106 e. The Balaban J connectivity index is 2.37. The molecule has 0 radical (unpaired) electrons. The third-order valence-electron chi connectivity index (χ3n) is 4.42. The molecule has 2 atom stereocenters. The molecule has 2 unspecified atom stereocenters. The van der Waals surface area contributed by atoms with Crippen molar-refractivity contribution in [3.05, 3.63) is 29.3 Å². The zero-order chi connectivity index (χ0) is 14.0. The quantitative estimate of drug-likeness (QED) is 0.855. The summed E-state index contributed by atoms with van der Waals surface area (Å²) in [5, 5.41) is 0. The van der Waals surface area contributed by atoms with Crippen LogP contribution in [0.4, 0.5) is 5.69 Å². The van der Waals surface area contributed by atoms with E-state index in [1.54, 1.807) is 0 Å². The van der Waals surface area contributed by atoms with Crippen LogP contribution in [0.1, 0.15) is 43.7 Å². The first-order valence-corrected chi connectivity index (χ1v) is 7.55. The molecule has 2 rings (SSSR count). The van der Waals surface area contributed by atoms with E-state index in [9.17, 15) is 0 Å². The Kier molecular flexibility index (Phi) is 4.46. The highest BCUT2D eigenvalue weighted by molar-refractivity contribution is 7.80. The smallest absolute Gasteiger partial charge is 0.106 e. The van der Waals surface area contributed by atoms with Gasteiger partial charge >= 0.3 is 0 Å². The molecule has 1 aliphatic carbocycles. The summed E-state index contributed by atoms with van der Waals surface area (Å²) in [6.07, 6.45) is 5.28. The van der Waals surface area contributed by atoms with Crippen LogP contribution in [0.2, 0.25) is 0 Å². The van der Waals surface area contributed by atoms with Crippen molar-refractivity contribution < 1.29 is 0 Å². The lowest BCUT2D eigenvalue weighted by atomic mass is 9.84. The number of para-hydroxylation sites is 1. The molecule has 1 aromatic carbocycles. The molecular weight excluding hydrogens is 252 g/mol. The Bertz CT molecular complexity index is 470. The van der Waals surface area contributed by atoms with Gasteiger partial charge in [-0.25, -0.2) is 0 Å². The van der Waals surface area contributed by atoms with Gasteiger partial charge in [-0.2, -0.15) is 0 Å². The Labute approximate surface area is 122 Å². The molecule has 0 heterocycles. The van der Waals surface area contributed by atoms with Gasteiger partial charge in [-0.05, 0) is 37.3 Å². The first kappa shape index (κ1) is 14.3. The normalized spacial score (nSPS) is 23.1. The highest BCUT2D eigenvalue weighted by Crippen LogP contribution is 2.33. The lowest BCUT2D eigenvalue weighted by Gasteiger charge is -2.39. The second kappa shape index (κ2) is 5.91. The maximum absolute atomic E-state index is 5.89. The van der Waals surface area contributed by atoms with Crippen molar-refractivity contribution in [1.29, 1.82) is 0 Å². The molecule has 1 aromatic rings. The summed E-state index contributed by atoms with van der Waals surface area (Å²) >= 11 is 5.21. The van der Waals surface area contributed by atoms with Gasteiger partial charge in [-0.15, -0.1) is 0 Å². The molecule has 1 aliphatic rings. The van der Waals surface area contributed by atoms with E-state index in [0.717, 1.165) is 11.5 Å². The van der Waals surface area contributed by atoms with Gasteiger partial charge in [0.2, 0.25) is 0 Å². The first-order chi connectivity index (χ1) is 9.02. The van der Waals surface area contributed by atoms with Crippen molar-refractivity contribution >= 4 is 22.9 Å². The maximum atomic E-state index is 5.89. The van der Waals surface area contributed by atoms with Crippen LogP contribution in [0.15, 0.2) is 18.2 Å². The molecule has 2 nitrogen and oxygen atoms in total. The van der Waals surface area contributed by atoms with Crippen molar-refractivity contribution in [2.75, 3.05) is 11.9 Å². The fraction of sp³-hybridized carbons (Fsp3) is 0.562. The average Bonchev–Trinajstić information content (AvgIpc) is 2.38. The van der Waals surface area contributed by atoms with E-state index in [1.807, 2.05) is 12.1 Å². The Morgan fingerprint density at radius 3 is 2.63 bits per heavy atom. The van der Waals surface area contributed by atoms with Crippen LogP contribution in [-0.2, 0) is 0 Å². The predicted octanol–water partition coefficient (Wildman–Crippen LogP) is 3.64. The van der Waals surface area contributed by atoms with Gasteiger partial charge in [0.05, 0.1) is 0 Å². The summed E-state index contributed by atoms with van der Waals surface area (Å²) in [6, 6.07) is 6.81. The molecular formula is C16H24N2S. The first-order valence-electron chi connectivity index (χ1n) is 7.14. The molecule has 0 aliphatic heterocycles. The van der Waals surface area contributed by atoms with Crippen molar-refractivity contribution in [2.45, 2.75) is 45.6 Å². The number of aryl methyl sites for hydroxylation is 1. The van der Waals surface area contributed by atoms with E-state index in [4.69, 9.17) is 18.0 Å². The number of thiocarbonyl (C=S) groups is 1. The summed E-state index contributed by atoms with van der Waals surface area (Å²) in [4.78, 5) is 2.90. The van der Waals surface area contributed by atoms with E-state index in [1.165, 1.54) is 36.9 Å². The van der Waals surface area contributed by atoms with Crippen molar-refractivity contribution in [1.82, 2.24) is 0 Å². The largest absolute Gasteiger partial charge is 0.389 e. The number of rotatable bonds is 3. The van der Waals surface area contributed by atoms with Gasteiger partial charge in [0, 0.05) is 24.3 Å². The molecule has 2 N–H and O–H groups in total. The van der Waals surface area contributed by atoms with Gasteiger partial charge in [-0.1, -0.05) is 44.1 Å². The lowest BCUT2D eigenvalue weighted by molar-refractivity contribution is 0.321. The van der Waals surface area contributed by atoms with Gasteiger partial charge in [0.15, 0.2) is 0 Å². The number of anilines is 1. The molecule has 1 saturated carbocycles. The Hall–Kier alpha value is -1.09. The van der Waals surface area contributed by atoms with Crippen molar-refractivity contribution in [2.24, 2.45) is 11.7 Å². The molecule has 0 amide bonds. The minimum atomic E-state index is 0.494. The van der Waals surface area contributed by atoms with Gasteiger partial charge in [0.1, 0.15) is 4.99 Å². The topological polar surface area (TPSA) is 29.3 Å². The van der Waals surface area contributed by atoms with E-state index in [-0.39, 0.29) is 0 Å². The summed E-state index contributed by atoms with van der Waals surface area (Å²) in [7, 11) is 2.19. The number of nitrogens with zero attached hydrogens (tertiary/aromatic N) is 1. The minimum Gasteiger partial charge on any atom is -0.389 e. The number of nitrogens with two attached hydrogens (primary N) is 1. The Morgan fingerprint density at radius 1 is 1.32 bits per heavy atom. The van der Waals surface area contributed by atoms with Crippen molar-refractivity contribution in [3.8, 4) is 0 Å². The monoisotopic (exact) mass is 276 g/mol. The van der Waals surface area contributed by atoms with Gasteiger partial charge < -0.3 is 10.6 Å². The summed E-state index contributed by atoms with van der Waals surface area (Å²) in [6.45, 7) is 4.50. The number of hydrogen-bond donors (Lipinski definition) is 1. The second-order valence-corrected chi connectivity index (χ2v) is 6.22. The highest BCUT2D eigenvalue weighted by Gasteiger charge is 2.27. The molecule has 0 spiro atoms. The zero-order valence-electron chi connectivity index (χ0n) is 12.1. The zero-order valence-corrected chi connectivity index (χ0v) is 13.0. The predicted molar refractivity (Wildman–Crippen MR) is 86.9 cm³/mol. The summed E-state index contributed by atoms with van der Waals surface area (Å²) in [5.74, 6) is 0.734. The van der Waals surface area contributed by atoms with E-state index in [2.05, 4.69) is 31.9 Å². The van der Waals surface area contributed by atoms with E-state index in [0.29, 0.717) is 11.0 Å². The van der Waals surface area contributed by atoms with Crippen LogP contribution < -0.4 is 10.6 Å². The molecule has 19 heavy (non-hydrogen) atoms. The van der Waals surface area contributed by atoms with Crippen LogP contribution in [0.3, 0.4) is 0 Å². The van der Waals surface area contributed by atoms with Crippen LogP contribution in [0, 0.1) is 12.8 Å². The summed E-state index contributed by atoms with van der Waals surface area (Å²) < 4.78 is 0. The van der Waals surface area contributed by atoms with Crippen LogP contribution in [-0.4, -0.2) is 18.1 Å². The van der Waals surface area contributed by atoms with Crippen molar-refractivity contribution in [3.63, 3.8) is 0 Å². The standard InChI is InChI=1S/C16H24N2S/c1-11-7-4-5-10-14(11)18(3)15-12(2)8-6-9-13(15)16(17)19/h6,8-9,11,14H,4-5,7,10H2,1-3H3,(H2,17,19). The van der Waals surface area contributed by atoms with Crippen LogP contribution in [0.25, 0.3) is 0 Å².